The quantitative estimate of drug-likeness (QED) is 0.0803. The zero-order chi connectivity index (χ0) is 83.8. The number of rotatable bonds is 19. The molecule has 2 aliphatic heterocycles. The zero-order valence-electron chi connectivity index (χ0n) is 71.8. The van der Waals surface area contributed by atoms with E-state index >= 15 is 26.2 Å². The minimum Gasteiger partial charge on any atom is -0.417 e. The van der Waals surface area contributed by atoms with Crippen LogP contribution in [0.5, 0.6) is 23.0 Å². The number of benzene rings is 12. The molecule has 12 aromatic carbocycles. The molecule has 606 valence electrons. The third-order valence-corrected chi connectivity index (χ3v) is 29.7. The Morgan fingerprint density at radius 2 is 0.491 bits per heavy atom. The zero-order valence-corrected chi connectivity index (χ0v) is 74.4. The normalized spacial score (nSPS) is 14.3. The molecule has 0 atom stereocenters. The summed E-state index contributed by atoms with van der Waals surface area (Å²) in [6.45, 7) is 51.5. The number of fused-ring (bicyclic) bond motifs is 14. The third-order valence-electron chi connectivity index (χ3n) is 23.7. The van der Waals surface area contributed by atoms with Crippen LogP contribution in [0, 0.1) is 0 Å². The molecule has 14 rings (SSSR count). The van der Waals surface area contributed by atoms with Gasteiger partial charge in [0.1, 0.15) is 23.0 Å². The number of halogens is 3. The van der Waals surface area contributed by atoms with Gasteiger partial charge in [-0.3, -0.25) is 0 Å². The van der Waals surface area contributed by atoms with Crippen LogP contribution in [0.15, 0.2) is 174 Å². The smallest absolute Gasteiger partial charge is 0.417 e. The lowest BCUT2D eigenvalue weighted by molar-refractivity contribution is -0.0442. The van der Waals surface area contributed by atoms with E-state index in [1.54, 1.807) is 0 Å². The monoisotopic (exact) mass is 1620 g/mol. The van der Waals surface area contributed by atoms with Crippen molar-refractivity contribution in [1.82, 2.24) is 4.49 Å². The molecule has 2 heterocycles. The molecule has 0 fully saturated rings. The Balaban J connectivity index is 1.28. The molecule has 0 bridgehead atoms. The topological polar surface area (TPSA) is 113 Å². The summed E-state index contributed by atoms with van der Waals surface area (Å²) < 4.78 is 140. The fourth-order valence-electron chi connectivity index (χ4n) is 17.5. The molecule has 15 heteroatoms. The molecule has 0 unspecified atom stereocenters. The van der Waals surface area contributed by atoms with Gasteiger partial charge in [0.05, 0.1) is 0 Å². The summed E-state index contributed by atoms with van der Waals surface area (Å²) in [7, 11) is -18.7. The molecule has 0 amide bonds. The molecule has 0 saturated carbocycles. The van der Waals surface area contributed by atoms with Crippen molar-refractivity contribution in [3.8, 4) is 89.8 Å². The molecule has 0 aliphatic carbocycles. The lowest BCUT2D eigenvalue weighted by Gasteiger charge is -2.30. The predicted octanol–water partition coefficient (Wildman–Crippen LogP) is 32.5. The van der Waals surface area contributed by atoms with Crippen LogP contribution in [-0.4, -0.2) is 13.9 Å². The van der Waals surface area contributed by atoms with E-state index in [0.29, 0.717) is 66.1 Å². The third kappa shape index (κ3) is 14.9. The Labute approximate surface area is 686 Å². The van der Waals surface area contributed by atoms with Crippen molar-refractivity contribution in [2.45, 2.75) is 243 Å². The Kier molecular flexibility index (Phi) is 22.6. The maximum atomic E-state index is 19.2. The standard InChI is InChI=1S/C101H113F3N2O7P2S/c1-53(2)69-45-77(57(9)10)89(78(46-69)58(11)12)85-41-65-33-25-29-37-73(65)93-94-74-38-30-26-34-66(74)42-86(90-79(59(13)14)47-70(54(3)4)48-80(90)60(15)16)98(94)111-114(110-97(85)93,106-116(108,109)101(102,103)104)105-115(107)112-99-87(91-81(61(17)18)49-71(55(5)6)50-82(91)62(19)20)43-67-35-27-31-39-75(67)95(99)96-76-40-32-28-36-68(76)44-88(100(96)113-115)92-83(63(21)22)51-72(56(7)8)52-84(92)64(23)24/h25-64,106H,1-24H3. The van der Waals surface area contributed by atoms with E-state index in [0.717, 1.165) is 111 Å². The van der Waals surface area contributed by atoms with Gasteiger partial charge in [0.25, 0.3) is 0 Å². The second-order valence-corrected chi connectivity index (χ2v) is 41.7. The van der Waals surface area contributed by atoms with Gasteiger partial charge in [-0.05, 0) is 227 Å². The Hall–Kier alpha value is -8.96. The number of hydrogen-bond acceptors (Lipinski definition) is 7. The van der Waals surface area contributed by atoms with Crippen LogP contribution in [0.2, 0.25) is 0 Å². The van der Waals surface area contributed by atoms with Gasteiger partial charge in [-0.15, -0.1) is 4.49 Å². The molecule has 2 aliphatic rings. The summed E-state index contributed by atoms with van der Waals surface area (Å²) in [6.07, 6.45) is 0. The second-order valence-electron chi connectivity index (χ2n) is 36.0. The molecular formula is C101H113F3N2O7P2S. The molecule has 0 aromatic heterocycles. The molecule has 12 aromatic rings. The van der Waals surface area contributed by atoms with Crippen LogP contribution < -0.4 is 22.6 Å². The number of alkyl halides is 3. The van der Waals surface area contributed by atoms with Crippen molar-refractivity contribution in [2.75, 3.05) is 0 Å². The van der Waals surface area contributed by atoms with Crippen LogP contribution in [0.25, 0.3) is 110 Å². The van der Waals surface area contributed by atoms with Gasteiger partial charge < -0.3 is 18.1 Å². The summed E-state index contributed by atoms with van der Waals surface area (Å²) in [5.74, 6) is -0.759. The average molecular weight is 1620 g/mol. The number of nitrogens with zero attached hydrogens (tertiary/aromatic N) is 1. The first-order chi connectivity index (χ1) is 54.6. The molecular weight excluding hydrogens is 1500 g/mol. The van der Waals surface area contributed by atoms with Gasteiger partial charge in [-0.1, -0.05) is 316 Å². The van der Waals surface area contributed by atoms with Crippen LogP contribution in [0.1, 0.15) is 304 Å². The number of hydrogen-bond donors (Lipinski definition) is 1. The van der Waals surface area contributed by atoms with Crippen molar-refractivity contribution in [3.05, 3.63) is 237 Å². The van der Waals surface area contributed by atoms with Gasteiger partial charge in [0, 0.05) is 44.5 Å². The van der Waals surface area contributed by atoms with Crippen molar-refractivity contribution < 1.29 is 44.2 Å². The first kappa shape index (κ1) is 83.5. The summed E-state index contributed by atoms with van der Waals surface area (Å²) in [5, 5.41) is 5.68. The van der Waals surface area contributed by atoms with E-state index in [1.165, 1.54) is 0 Å². The summed E-state index contributed by atoms with van der Waals surface area (Å²) >= 11 is 0. The van der Waals surface area contributed by atoms with Crippen LogP contribution in [0.4, 0.5) is 13.2 Å². The highest BCUT2D eigenvalue weighted by molar-refractivity contribution is 7.96. The van der Waals surface area contributed by atoms with Gasteiger partial charge in [0.15, 0.2) is 0 Å². The van der Waals surface area contributed by atoms with E-state index in [4.69, 9.17) is 22.6 Å². The molecule has 9 nitrogen and oxygen atoms in total. The number of sulfonamides is 1. The van der Waals surface area contributed by atoms with E-state index in [-0.39, 0.29) is 94.0 Å². The van der Waals surface area contributed by atoms with E-state index in [1.807, 2.05) is 97.1 Å². The Bertz CT molecular complexity index is 5720. The van der Waals surface area contributed by atoms with Crippen LogP contribution in [0.3, 0.4) is 0 Å². The largest absolute Gasteiger partial charge is 0.568 e. The van der Waals surface area contributed by atoms with Crippen molar-refractivity contribution >= 4 is 68.5 Å². The first-order valence-corrected chi connectivity index (χ1v) is 46.3. The molecule has 1 N–H and O–H groups in total. The molecule has 0 spiro atoms. The molecule has 0 radical (unpaired) electrons. The minimum atomic E-state index is -6.76. The fraction of sp³-hybridized carbons (Fsp3) is 0.366. The van der Waals surface area contributed by atoms with Gasteiger partial charge in [-0.2, -0.15) is 13.2 Å². The van der Waals surface area contributed by atoms with Gasteiger partial charge in [0.2, 0.25) is 0 Å². The minimum absolute atomic E-state index is 0.0499. The SMILES string of the molecule is CC(C)c1cc(C(C)C)c(-c2cc3ccccc3c3c2OP(=O)(N=P2(NS(=O)(=O)C(F)(F)F)Oc4c(-c5c(C(C)C)cc(C(C)C)cc5C(C)C)cc5ccccc5c4-c4c(c(-c5c(C(C)C)cc(C(C)C)cc5C(C)C)cc5ccccc45)O2)Oc2c(-c4c(C(C)C)cc(C(C)C)cc4C(C)C)cc4ccccc4c2-3)c(C(C)C)c1. The predicted molar refractivity (Wildman–Crippen MR) is 482 cm³/mol. The highest BCUT2D eigenvalue weighted by Crippen LogP contribution is 2.72. The summed E-state index contributed by atoms with van der Waals surface area (Å²) in [6, 6.07) is 57.6. The summed E-state index contributed by atoms with van der Waals surface area (Å²) in [4.78, 5) is 0. The first-order valence-electron chi connectivity index (χ1n) is 41.7. The lowest BCUT2D eigenvalue weighted by atomic mass is 9.78. The Morgan fingerprint density at radius 3 is 0.681 bits per heavy atom. The van der Waals surface area contributed by atoms with E-state index < -0.39 is 30.9 Å². The van der Waals surface area contributed by atoms with Crippen molar-refractivity contribution in [1.29, 1.82) is 0 Å². The lowest BCUT2D eigenvalue weighted by Crippen LogP contribution is -2.37. The van der Waals surface area contributed by atoms with Gasteiger partial charge in [-0.25, -0.2) is 13.0 Å². The van der Waals surface area contributed by atoms with Crippen LogP contribution in [-0.2, 0) is 14.6 Å². The van der Waals surface area contributed by atoms with Crippen molar-refractivity contribution in [2.24, 2.45) is 4.52 Å². The maximum absolute atomic E-state index is 19.2. The van der Waals surface area contributed by atoms with E-state index in [2.05, 4.69) is 243 Å². The second kappa shape index (κ2) is 31.4. The highest BCUT2D eigenvalue weighted by Gasteiger charge is 2.55. The van der Waals surface area contributed by atoms with Gasteiger partial charge >= 0.3 is 30.9 Å². The van der Waals surface area contributed by atoms with Crippen molar-refractivity contribution in [3.63, 3.8) is 0 Å². The Morgan fingerprint density at radius 1 is 0.293 bits per heavy atom. The highest BCUT2D eigenvalue weighted by atomic mass is 32.2. The van der Waals surface area contributed by atoms with Crippen LogP contribution >= 0.6 is 15.4 Å². The number of nitrogens with one attached hydrogen (secondary N) is 1. The maximum Gasteiger partial charge on any atom is 0.568 e. The fourth-order valence-corrected chi connectivity index (χ4v) is 23.4. The average Bonchev–Trinajstić information content (AvgIpc) is 1.54. The molecule has 116 heavy (non-hydrogen) atoms. The van der Waals surface area contributed by atoms with E-state index in [9.17, 15) is 0 Å². The molecule has 0 saturated heterocycles. The summed E-state index contributed by atoms with van der Waals surface area (Å²) in [5.41, 5.74) is 12.5.